The number of likely N-dealkylation sites (N-methyl/N-ethyl adjacent to an activating group) is 1. The highest BCUT2D eigenvalue weighted by Gasteiger charge is 2.26. The Kier molecular flexibility index (Phi) is 37.3. The van der Waals surface area contributed by atoms with E-state index in [2.05, 4.69) is 13.8 Å². The molecule has 8 nitrogen and oxygen atoms in total. The Hall–Kier alpha value is -0.920. The first kappa shape index (κ1) is 52.1. The van der Waals surface area contributed by atoms with Crippen LogP contribution in [0, 0.1) is 0 Å². The second-order valence-electron chi connectivity index (χ2n) is 16.5. The summed E-state index contributed by atoms with van der Waals surface area (Å²) in [6, 6.07) is 0. The van der Waals surface area contributed by atoms with E-state index in [0.717, 1.165) is 32.1 Å². The molecule has 0 aromatic rings. The van der Waals surface area contributed by atoms with Crippen LogP contribution in [0.25, 0.3) is 0 Å². The van der Waals surface area contributed by atoms with Crippen LogP contribution in [0.3, 0.4) is 0 Å². The number of rotatable bonds is 42. The maximum atomic E-state index is 12.7. The van der Waals surface area contributed by atoms with Gasteiger partial charge in [-0.15, -0.1) is 0 Å². The van der Waals surface area contributed by atoms with Crippen molar-refractivity contribution in [2.45, 2.75) is 219 Å². The molecule has 0 aliphatic rings. The topological polar surface area (TPSA) is 91.3 Å². The normalized spacial score (nSPS) is 13.8. The van der Waals surface area contributed by atoms with Gasteiger partial charge in [0, 0.05) is 6.42 Å². The number of hydrogen-bond donors (Lipinski definition) is 1. The van der Waals surface area contributed by atoms with Crippen LogP contribution >= 0.6 is 7.82 Å². The summed E-state index contributed by atoms with van der Waals surface area (Å²) in [5.74, 6) is -0.331. The van der Waals surface area contributed by atoms with Crippen molar-refractivity contribution in [1.82, 2.24) is 0 Å². The first-order valence-corrected chi connectivity index (χ1v) is 24.0. The Bertz CT molecular complexity index is 863. The minimum Gasteiger partial charge on any atom is -0.498 e. The predicted molar refractivity (Wildman–Crippen MR) is 224 cm³/mol. The van der Waals surface area contributed by atoms with Crippen LogP contribution in [-0.4, -0.2) is 69.0 Å². The van der Waals surface area contributed by atoms with Crippen LogP contribution in [0.4, 0.5) is 0 Å². The number of hydrogen-bond acceptors (Lipinski definition) is 6. The molecule has 0 bridgehead atoms. The Morgan fingerprint density at radius 1 is 0.585 bits per heavy atom. The van der Waals surface area contributed by atoms with E-state index < -0.39 is 13.9 Å². The van der Waals surface area contributed by atoms with Gasteiger partial charge in [0.1, 0.15) is 19.8 Å². The Morgan fingerprint density at radius 2 is 0.981 bits per heavy atom. The van der Waals surface area contributed by atoms with Gasteiger partial charge in [-0.3, -0.25) is 13.8 Å². The fourth-order valence-corrected chi connectivity index (χ4v) is 7.14. The third-order valence-electron chi connectivity index (χ3n) is 9.92. The van der Waals surface area contributed by atoms with Gasteiger partial charge in [-0.1, -0.05) is 187 Å². The summed E-state index contributed by atoms with van der Waals surface area (Å²) in [7, 11) is 1.65. The summed E-state index contributed by atoms with van der Waals surface area (Å²) in [6.45, 7) is 4.97. The molecule has 0 fully saturated rings. The number of ether oxygens (including phenoxy) is 2. The maximum Gasteiger partial charge on any atom is 0.472 e. The third kappa shape index (κ3) is 42.1. The largest absolute Gasteiger partial charge is 0.498 e. The molecule has 1 N–H and O–H groups in total. The summed E-state index contributed by atoms with van der Waals surface area (Å²) in [5, 5.41) is 0. The van der Waals surface area contributed by atoms with Crippen LogP contribution in [0.5, 0.6) is 0 Å². The van der Waals surface area contributed by atoms with Gasteiger partial charge >= 0.3 is 13.8 Å². The van der Waals surface area contributed by atoms with E-state index in [4.69, 9.17) is 18.5 Å². The highest BCUT2D eigenvalue weighted by Crippen LogP contribution is 2.43. The third-order valence-corrected chi connectivity index (χ3v) is 10.9. The predicted octanol–water partition coefficient (Wildman–Crippen LogP) is 13.4. The maximum absolute atomic E-state index is 12.7. The second-order valence-corrected chi connectivity index (χ2v) is 18.0. The van der Waals surface area contributed by atoms with Crippen LogP contribution in [0.1, 0.15) is 213 Å². The molecule has 9 heteroatoms. The zero-order valence-corrected chi connectivity index (χ0v) is 36.7. The summed E-state index contributed by atoms with van der Waals surface area (Å²) < 4.78 is 34.8. The van der Waals surface area contributed by atoms with Crippen molar-refractivity contribution < 1.29 is 37.3 Å². The van der Waals surface area contributed by atoms with Gasteiger partial charge in [-0.25, -0.2) is 4.57 Å². The first-order valence-electron chi connectivity index (χ1n) is 22.5. The number of esters is 1. The van der Waals surface area contributed by atoms with Crippen molar-refractivity contribution in [3.8, 4) is 0 Å². The second kappa shape index (κ2) is 38.0. The monoisotopic (exact) mass is 775 g/mol. The van der Waals surface area contributed by atoms with Gasteiger partial charge in [0.05, 0.1) is 34.0 Å². The lowest BCUT2D eigenvalue weighted by atomic mass is 10.0. The van der Waals surface area contributed by atoms with Crippen LogP contribution in [0.2, 0.25) is 0 Å². The van der Waals surface area contributed by atoms with Gasteiger partial charge in [0.25, 0.3) is 0 Å². The minimum absolute atomic E-state index is 0.0543. The Labute approximate surface area is 329 Å². The molecule has 316 valence electrons. The summed E-state index contributed by atoms with van der Waals surface area (Å²) in [4.78, 5) is 22.9. The van der Waals surface area contributed by atoms with Crippen LogP contribution in [-0.2, 0) is 27.9 Å². The molecule has 0 saturated carbocycles. The number of carbonyl (C=O) groups is 1. The van der Waals surface area contributed by atoms with E-state index in [1.165, 1.54) is 161 Å². The lowest BCUT2D eigenvalue weighted by Gasteiger charge is -2.24. The van der Waals surface area contributed by atoms with Crippen molar-refractivity contribution in [1.29, 1.82) is 0 Å². The first-order chi connectivity index (χ1) is 25.6. The molecule has 1 unspecified atom stereocenters. The molecular formula is C44H89NO7P+. The highest BCUT2D eigenvalue weighted by atomic mass is 31.2. The van der Waals surface area contributed by atoms with Crippen LogP contribution in [0.15, 0.2) is 12.3 Å². The number of carbonyl (C=O) groups excluding carboxylic acids is 1. The standard InChI is InChI=1S/C44H88NO7P/c1-6-8-10-12-14-16-18-20-22-24-26-28-30-32-34-36-39-49-41-43(42-51-53(47,48)50-40-38-45(3,4)5)52-44(46)37-35-33-31-29-27-25-23-21-19-17-15-13-11-9-7-2/h36,39,43H,6-35,37-38,40-42H2,1-5H3/p+1/b39-36-/t43-/m1/s1. The van der Waals surface area contributed by atoms with Crippen molar-refractivity contribution in [2.75, 3.05) is 47.5 Å². The molecule has 0 heterocycles. The van der Waals surface area contributed by atoms with E-state index in [0.29, 0.717) is 17.4 Å². The Balaban J connectivity index is 4.24. The van der Waals surface area contributed by atoms with E-state index >= 15 is 0 Å². The average Bonchev–Trinajstić information content (AvgIpc) is 3.11. The fourth-order valence-electron chi connectivity index (χ4n) is 6.40. The molecule has 2 atom stereocenters. The van der Waals surface area contributed by atoms with E-state index in [9.17, 15) is 14.3 Å². The van der Waals surface area contributed by atoms with E-state index in [1.54, 1.807) is 6.26 Å². The molecule has 53 heavy (non-hydrogen) atoms. The SMILES string of the molecule is CCCCCCCCCCCCCCCC/C=C\OC[C@H](COP(=O)(O)OCC[N+](C)(C)C)OC(=O)CCCCCCCCCCCCCCCCC. The molecule has 0 rings (SSSR count). The summed E-state index contributed by atoms with van der Waals surface area (Å²) in [5.41, 5.74) is 0. The van der Waals surface area contributed by atoms with Crippen molar-refractivity contribution >= 4 is 13.8 Å². The number of quaternary nitrogens is 1. The lowest BCUT2D eigenvalue weighted by Crippen LogP contribution is -2.37. The molecule has 0 aliphatic carbocycles. The summed E-state index contributed by atoms with van der Waals surface area (Å²) in [6.07, 6.45) is 41.9. The number of nitrogens with zero attached hydrogens (tertiary/aromatic N) is 1. The number of unbranched alkanes of at least 4 members (excludes halogenated alkanes) is 28. The van der Waals surface area contributed by atoms with E-state index in [-0.39, 0.29) is 25.8 Å². The fraction of sp³-hybridized carbons (Fsp3) is 0.932. The van der Waals surface area contributed by atoms with Gasteiger partial charge < -0.3 is 18.9 Å². The summed E-state index contributed by atoms with van der Waals surface area (Å²) >= 11 is 0. The van der Waals surface area contributed by atoms with Crippen molar-refractivity contribution in [2.24, 2.45) is 0 Å². The number of phosphoric ester groups is 1. The minimum atomic E-state index is -4.28. The molecule has 0 spiro atoms. The van der Waals surface area contributed by atoms with Crippen LogP contribution < -0.4 is 0 Å². The highest BCUT2D eigenvalue weighted by molar-refractivity contribution is 7.47. The van der Waals surface area contributed by atoms with Crippen molar-refractivity contribution in [3.05, 3.63) is 12.3 Å². The molecule has 0 saturated heterocycles. The zero-order valence-electron chi connectivity index (χ0n) is 35.8. The molecule has 0 aromatic carbocycles. The number of phosphoric acid groups is 1. The lowest BCUT2D eigenvalue weighted by molar-refractivity contribution is -0.870. The van der Waals surface area contributed by atoms with Gasteiger partial charge in [-0.05, 0) is 25.3 Å². The molecule has 0 aromatic heterocycles. The van der Waals surface area contributed by atoms with Gasteiger partial charge in [0.15, 0.2) is 6.10 Å². The molecule has 0 radical (unpaired) electrons. The smallest absolute Gasteiger partial charge is 0.472 e. The van der Waals surface area contributed by atoms with Gasteiger partial charge in [-0.2, -0.15) is 0 Å². The average molecular weight is 775 g/mol. The molecule has 0 aliphatic heterocycles. The van der Waals surface area contributed by atoms with Gasteiger partial charge in [0.2, 0.25) is 0 Å². The quantitative estimate of drug-likeness (QED) is 0.0217. The zero-order chi connectivity index (χ0) is 39.1. The number of allylic oxidation sites excluding steroid dienone is 1. The van der Waals surface area contributed by atoms with Crippen molar-refractivity contribution in [3.63, 3.8) is 0 Å². The Morgan fingerprint density at radius 3 is 1.40 bits per heavy atom. The molecular weight excluding hydrogens is 685 g/mol. The molecule has 0 amide bonds. The van der Waals surface area contributed by atoms with E-state index in [1.807, 2.05) is 27.2 Å².